The molecule has 0 spiro atoms. The number of fused-ring (bicyclic) bond motifs is 1. The smallest absolute Gasteiger partial charge is 0.234 e. The number of nitrogens with zero attached hydrogens (tertiary/aromatic N) is 3. The summed E-state index contributed by atoms with van der Waals surface area (Å²) in [4.78, 5) is 25.3. The van der Waals surface area contributed by atoms with Crippen molar-refractivity contribution >= 4 is 11.7 Å². The SMILES string of the molecule is COc1ccc(F)cc1-c1cc(NC(=O)C2CCc3cccnc32)ncn1. The van der Waals surface area contributed by atoms with E-state index in [0.29, 0.717) is 29.2 Å². The van der Waals surface area contributed by atoms with Crippen molar-refractivity contribution in [3.8, 4) is 17.0 Å². The van der Waals surface area contributed by atoms with Crippen LogP contribution in [0.4, 0.5) is 10.2 Å². The van der Waals surface area contributed by atoms with Crippen molar-refractivity contribution in [3.05, 3.63) is 66.0 Å². The number of amides is 1. The van der Waals surface area contributed by atoms with Crippen molar-refractivity contribution in [1.82, 2.24) is 15.0 Å². The van der Waals surface area contributed by atoms with Crippen LogP contribution in [0.15, 0.2) is 48.9 Å². The molecule has 0 fully saturated rings. The van der Waals surface area contributed by atoms with Crippen LogP contribution in [0.2, 0.25) is 0 Å². The van der Waals surface area contributed by atoms with Crippen LogP contribution in [-0.4, -0.2) is 28.0 Å². The lowest BCUT2D eigenvalue weighted by Gasteiger charge is -2.12. The number of pyridine rings is 1. The Balaban J connectivity index is 1.59. The highest BCUT2D eigenvalue weighted by Gasteiger charge is 2.30. The van der Waals surface area contributed by atoms with E-state index in [-0.39, 0.29) is 11.8 Å². The third kappa shape index (κ3) is 3.36. The monoisotopic (exact) mass is 364 g/mol. The molecule has 4 rings (SSSR count). The summed E-state index contributed by atoms with van der Waals surface area (Å²) >= 11 is 0. The molecule has 3 aromatic rings. The predicted molar refractivity (Wildman–Crippen MR) is 97.9 cm³/mol. The fourth-order valence-electron chi connectivity index (χ4n) is 3.33. The molecule has 1 atom stereocenters. The number of hydrogen-bond donors (Lipinski definition) is 1. The van der Waals surface area contributed by atoms with Gasteiger partial charge in [0.05, 0.1) is 24.4 Å². The van der Waals surface area contributed by atoms with Gasteiger partial charge in [-0.05, 0) is 42.7 Å². The zero-order valence-corrected chi connectivity index (χ0v) is 14.6. The van der Waals surface area contributed by atoms with Crippen molar-refractivity contribution in [3.63, 3.8) is 0 Å². The first-order valence-corrected chi connectivity index (χ1v) is 8.56. The Hall–Kier alpha value is -3.35. The standard InChI is InChI=1S/C20H17FN4O2/c1-27-17-7-5-13(21)9-15(17)16-10-18(24-11-23-16)25-20(26)14-6-4-12-3-2-8-22-19(12)14/h2-3,5,7-11,14H,4,6H2,1H3,(H,23,24,25,26). The lowest BCUT2D eigenvalue weighted by atomic mass is 10.1. The van der Waals surface area contributed by atoms with E-state index in [1.54, 1.807) is 12.3 Å². The number of anilines is 1. The Morgan fingerprint density at radius 2 is 2.11 bits per heavy atom. The Labute approximate surface area is 155 Å². The molecule has 0 radical (unpaired) electrons. The van der Waals surface area contributed by atoms with Crippen LogP contribution >= 0.6 is 0 Å². The van der Waals surface area contributed by atoms with Gasteiger partial charge < -0.3 is 10.1 Å². The van der Waals surface area contributed by atoms with Gasteiger partial charge in [0, 0.05) is 17.8 Å². The molecule has 0 bridgehead atoms. The average molecular weight is 364 g/mol. The second-order valence-electron chi connectivity index (χ2n) is 6.26. The molecule has 0 aliphatic heterocycles. The summed E-state index contributed by atoms with van der Waals surface area (Å²) in [5.41, 5.74) is 2.87. The molecular formula is C20H17FN4O2. The van der Waals surface area contributed by atoms with Gasteiger partial charge in [0.2, 0.25) is 5.91 Å². The van der Waals surface area contributed by atoms with E-state index < -0.39 is 5.82 Å². The third-order valence-corrected chi connectivity index (χ3v) is 4.63. The molecule has 0 saturated carbocycles. The normalized spacial score (nSPS) is 15.3. The highest BCUT2D eigenvalue weighted by Crippen LogP contribution is 2.33. The van der Waals surface area contributed by atoms with Gasteiger partial charge in [-0.2, -0.15) is 0 Å². The number of benzene rings is 1. The number of nitrogens with one attached hydrogen (secondary N) is 1. The zero-order valence-electron chi connectivity index (χ0n) is 14.6. The van der Waals surface area contributed by atoms with Gasteiger partial charge in [-0.25, -0.2) is 14.4 Å². The average Bonchev–Trinajstić information content (AvgIpc) is 3.12. The van der Waals surface area contributed by atoms with Crippen LogP contribution in [0.25, 0.3) is 11.3 Å². The van der Waals surface area contributed by atoms with E-state index in [9.17, 15) is 9.18 Å². The summed E-state index contributed by atoms with van der Waals surface area (Å²) in [6, 6.07) is 9.66. The van der Waals surface area contributed by atoms with E-state index >= 15 is 0 Å². The molecule has 1 amide bonds. The quantitative estimate of drug-likeness (QED) is 0.768. The largest absolute Gasteiger partial charge is 0.496 e. The predicted octanol–water partition coefficient (Wildman–Crippen LogP) is 3.35. The van der Waals surface area contributed by atoms with Crippen LogP contribution in [0.1, 0.15) is 23.6 Å². The molecule has 136 valence electrons. The molecule has 2 aromatic heterocycles. The molecule has 1 aromatic carbocycles. The lowest BCUT2D eigenvalue weighted by molar-refractivity contribution is -0.117. The van der Waals surface area contributed by atoms with Crippen molar-refractivity contribution < 1.29 is 13.9 Å². The first-order chi connectivity index (χ1) is 13.2. The summed E-state index contributed by atoms with van der Waals surface area (Å²) in [6.45, 7) is 0. The number of aryl methyl sites for hydroxylation is 1. The van der Waals surface area contributed by atoms with Crippen molar-refractivity contribution in [2.75, 3.05) is 12.4 Å². The molecule has 27 heavy (non-hydrogen) atoms. The molecule has 1 aliphatic carbocycles. The number of ether oxygens (including phenoxy) is 1. The van der Waals surface area contributed by atoms with Crippen LogP contribution in [-0.2, 0) is 11.2 Å². The van der Waals surface area contributed by atoms with Crippen molar-refractivity contribution in [2.45, 2.75) is 18.8 Å². The fraction of sp³-hybridized carbons (Fsp3) is 0.200. The highest BCUT2D eigenvalue weighted by atomic mass is 19.1. The minimum absolute atomic E-state index is 0.164. The van der Waals surface area contributed by atoms with E-state index in [2.05, 4.69) is 20.3 Å². The van der Waals surface area contributed by atoms with Gasteiger partial charge in [-0.15, -0.1) is 0 Å². The van der Waals surface area contributed by atoms with Crippen LogP contribution in [0.5, 0.6) is 5.75 Å². The van der Waals surface area contributed by atoms with Gasteiger partial charge in [-0.3, -0.25) is 9.78 Å². The first-order valence-electron chi connectivity index (χ1n) is 8.56. The number of rotatable bonds is 4. The van der Waals surface area contributed by atoms with E-state index in [1.165, 1.54) is 31.6 Å². The van der Waals surface area contributed by atoms with E-state index in [0.717, 1.165) is 17.7 Å². The van der Waals surface area contributed by atoms with Crippen molar-refractivity contribution in [1.29, 1.82) is 0 Å². The fourth-order valence-corrected chi connectivity index (χ4v) is 3.33. The molecule has 1 aliphatic rings. The second kappa shape index (κ2) is 7.11. The van der Waals surface area contributed by atoms with Crippen LogP contribution in [0.3, 0.4) is 0 Å². The Morgan fingerprint density at radius 1 is 1.22 bits per heavy atom. The second-order valence-corrected chi connectivity index (χ2v) is 6.26. The number of aromatic nitrogens is 3. The number of hydrogen-bond acceptors (Lipinski definition) is 5. The molecule has 7 heteroatoms. The summed E-state index contributed by atoms with van der Waals surface area (Å²) in [5.74, 6) is -0.0303. The minimum atomic E-state index is -0.399. The maximum atomic E-state index is 13.6. The Kier molecular flexibility index (Phi) is 4.50. The van der Waals surface area contributed by atoms with Crippen molar-refractivity contribution in [2.24, 2.45) is 0 Å². The summed E-state index contributed by atoms with van der Waals surface area (Å²) in [5, 5.41) is 2.82. The molecule has 2 heterocycles. The molecule has 1 unspecified atom stereocenters. The number of carbonyl (C=O) groups is 1. The molecular weight excluding hydrogens is 347 g/mol. The maximum absolute atomic E-state index is 13.6. The summed E-state index contributed by atoms with van der Waals surface area (Å²) in [6.07, 6.45) is 4.57. The topological polar surface area (TPSA) is 77.0 Å². The molecule has 1 N–H and O–H groups in total. The Morgan fingerprint density at radius 3 is 2.96 bits per heavy atom. The summed E-state index contributed by atoms with van der Waals surface area (Å²) < 4.78 is 18.9. The minimum Gasteiger partial charge on any atom is -0.496 e. The number of carbonyl (C=O) groups excluding carboxylic acids is 1. The lowest BCUT2D eigenvalue weighted by Crippen LogP contribution is -2.20. The molecule has 6 nitrogen and oxygen atoms in total. The van der Waals surface area contributed by atoms with Crippen LogP contribution in [0, 0.1) is 5.82 Å². The highest BCUT2D eigenvalue weighted by molar-refractivity contribution is 5.95. The summed E-state index contributed by atoms with van der Waals surface area (Å²) in [7, 11) is 1.51. The van der Waals surface area contributed by atoms with Gasteiger partial charge in [0.25, 0.3) is 0 Å². The third-order valence-electron chi connectivity index (χ3n) is 4.63. The first kappa shape index (κ1) is 17.1. The zero-order chi connectivity index (χ0) is 18.8. The number of halogens is 1. The van der Waals surface area contributed by atoms with Crippen LogP contribution < -0.4 is 10.1 Å². The van der Waals surface area contributed by atoms with Gasteiger partial charge in [0.15, 0.2) is 0 Å². The van der Waals surface area contributed by atoms with E-state index in [1.807, 2.05) is 12.1 Å². The molecule has 0 saturated heterocycles. The maximum Gasteiger partial charge on any atom is 0.234 e. The van der Waals surface area contributed by atoms with E-state index in [4.69, 9.17) is 4.74 Å². The number of methoxy groups -OCH3 is 1. The van der Waals surface area contributed by atoms with Gasteiger partial charge in [0.1, 0.15) is 23.7 Å². The van der Waals surface area contributed by atoms with Gasteiger partial charge >= 0.3 is 0 Å². The Bertz CT molecular complexity index is 1010. The van der Waals surface area contributed by atoms with Gasteiger partial charge in [-0.1, -0.05) is 6.07 Å².